The molecule has 0 fully saturated rings. The average molecular weight is 397 g/mol. The number of aryl methyl sites for hydroxylation is 1. The Labute approximate surface area is 176 Å². The SMILES string of the molecule is CCCCCCc1cccc(-c2c(C(C)C)cc(C(C)C)cc2C(C)C)c1P. The normalized spacial score (nSPS) is 11.8. The lowest BCUT2D eigenvalue weighted by Gasteiger charge is -2.25. The summed E-state index contributed by atoms with van der Waals surface area (Å²) in [5.74, 6) is 1.59. The highest BCUT2D eigenvalue weighted by molar-refractivity contribution is 7.28. The van der Waals surface area contributed by atoms with Crippen LogP contribution in [0.25, 0.3) is 11.1 Å². The second-order valence-electron chi connectivity index (χ2n) is 9.23. The van der Waals surface area contributed by atoms with Gasteiger partial charge in [-0.15, -0.1) is 9.24 Å². The predicted molar refractivity (Wildman–Crippen MR) is 131 cm³/mol. The third-order valence-corrected chi connectivity index (χ3v) is 6.58. The number of hydrogen-bond donors (Lipinski definition) is 0. The molecule has 0 aliphatic carbocycles. The van der Waals surface area contributed by atoms with Crippen molar-refractivity contribution in [3.05, 3.63) is 52.6 Å². The molecular weight excluding hydrogens is 355 g/mol. The van der Waals surface area contributed by atoms with Crippen LogP contribution in [0.4, 0.5) is 0 Å². The summed E-state index contributed by atoms with van der Waals surface area (Å²) in [7, 11) is 3.08. The van der Waals surface area contributed by atoms with Crippen LogP contribution in [0.5, 0.6) is 0 Å². The van der Waals surface area contributed by atoms with Crippen molar-refractivity contribution in [1.82, 2.24) is 0 Å². The molecule has 2 rings (SSSR count). The molecule has 0 saturated heterocycles. The van der Waals surface area contributed by atoms with Gasteiger partial charge >= 0.3 is 0 Å². The second-order valence-corrected chi connectivity index (χ2v) is 9.80. The summed E-state index contributed by atoms with van der Waals surface area (Å²) >= 11 is 0. The molecule has 1 atom stereocenters. The summed E-state index contributed by atoms with van der Waals surface area (Å²) in [6, 6.07) is 11.9. The first kappa shape index (κ1) is 23.2. The van der Waals surface area contributed by atoms with Crippen LogP contribution in [-0.4, -0.2) is 0 Å². The summed E-state index contributed by atoms with van der Waals surface area (Å²) in [6.07, 6.45) is 6.45. The molecular formula is C27H41P. The molecule has 0 aliphatic heterocycles. The molecule has 0 aliphatic rings. The van der Waals surface area contributed by atoms with Crippen molar-refractivity contribution in [1.29, 1.82) is 0 Å². The van der Waals surface area contributed by atoms with Gasteiger partial charge in [-0.25, -0.2) is 0 Å². The van der Waals surface area contributed by atoms with Gasteiger partial charge in [0.15, 0.2) is 0 Å². The molecule has 2 aromatic rings. The van der Waals surface area contributed by atoms with E-state index in [2.05, 4.69) is 88.0 Å². The fourth-order valence-electron chi connectivity index (χ4n) is 4.06. The number of benzene rings is 2. The number of hydrogen-bond acceptors (Lipinski definition) is 0. The van der Waals surface area contributed by atoms with Crippen LogP contribution in [0.1, 0.15) is 114 Å². The molecule has 0 aromatic heterocycles. The van der Waals surface area contributed by atoms with Crippen LogP contribution in [0.3, 0.4) is 0 Å². The van der Waals surface area contributed by atoms with E-state index in [9.17, 15) is 0 Å². The van der Waals surface area contributed by atoms with Crippen LogP contribution in [-0.2, 0) is 6.42 Å². The minimum absolute atomic E-state index is 0.517. The Morgan fingerprint density at radius 2 is 1.39 bits per heavy atom. The van der Waals surface area contributed by atoms with Gasteiger partial charge in [0.1, 0.15) is 0 Å². The molecule has 0 bridgehead atoms. The van der Waals surface area contributed by atoms with Gasteiger partial charge in [0.05, 0.1) is 0 Å². The molecule has 1 heteroatoms. The van der Waals surface area contributed by atoms with Crippen LogP contribution in [0, 0.1) is 0 Å². The molecule has 0 amide bonds. The van der Waals surface area contributed by atoms with E-state index in [0.29, 0.717) is 17.8 Å². The zero-order chi connectivity index (χ0) is 20.8. The lowest BCUT2D eigenvalue weighted by atomic mass is 9.81. The van der Waals surface area contributed by atoms with Crippen molar-refractivity contribution in [3.63, 3.8) is 0 Å². The summed E-state index contributed by atoms with van der Waals surface area (Å²) in [5.41, 5.74) is 8.87. The Morgan fingerprint density at radius 1 is 0.786 bits per heavy atom. The highest BCUT2D eigenvalue weighted by Gasteiger charge is 2.20. The summed E-state index contributed by atoms with van der Waals surface area (Å²) in [6.45, 7) is 16.2. The predicted octanol–water partition coefficient (Wildman–Crippen LogP) is 8.35. The Balaban J connectivity index is 2.60. The minimum Gasteiger partial charge on any atom is -0.105 e. The average Bonchev–Trinajstić information content (AvgIpc) is 2.65. The van der Waals surface area contributed by atoms with E-state index < -0.39 is 0 Å². The molecule has 28 heavy (non-hydrogen) atoms. The van der Waals surface area contributed by atoms with Gasteiger partial charge in [-0.3, -0.25) is 0 Å². The Morgan fingerprint density at radius 3 is 1.89 bits per heavy atom. The smallest absolute Gasteiger partial charge is 0.0104 e. The summed E-state index contributed by atoms with van der Waals surface area (Å²) < 4.78 is 0. The fourth-order valence-corrected chi connectivity index (χ4v) is 4.54. The highest BCUT2D eigenvalue weighted by Crippen LogP contribution is 2.39. The maximum atomic E-state index is 3.08. The van der Waals surface area contributed by atoms with Gasteiger partial charge in [-0.2, -0.15) is 0 Å². The van der Waals surface area contributed by atoms with Gasteiger partial charge in [0.25, 0.3) is 0 Å². The third kappa shape index (κ3) is 5.48. The van der Waals surface area contributed by atoms with Gasteiger partial charge in [0.2, 0.25) is 0 Å². The third-order valence-electron chi connectivity index (χ3n) is 5.90. The van der Waals surface area contributed by atoms with Gasteiger partial charge in [0, 0.05) is 0 Å². The van der Waals surface area contributed by atoms with E-state index in [1.54, 1.807) is 0 Å². The summed E-state index contributed by atoms with van der Waals surface area (Å²) in [5, 5.41) is 1.40. The van der Waals surface area contributed by atoms with Crippen LogP contribution in [0.15, 0.2) is 30.3 Å². The first-order valence-electron chi connectivity index (χ1n) is 11.3. The number of unbranched alkanes of at least 4 members (excludes halogenated alkanes) is 3. The zero-order valence-electron chi connectivity index (χ0n) is 19.2. The minimum atomic E-state index is 0.517. The van der Waals surface area contributed by atoms with Crippen molar-refractivity contribution in [2.24, 2.45) is 0 Å². The molecule has 0 N–H and O–H groups in total. The Kier molecular flexibility index (Phi) is 8.76. The van der Waals surface area contributed by atoms with Gasteiger partial charge < -0.3 is 0 Å². The van der Waals surface area contributed by atoms with Gasteiger partial charge in [-0.1, -0.05) is 98.1 Å². The maximum absolute atomic E-state index is 3.08. The van der Waals surface area contributed by atoms with Crippen LogP contribution in [0.2, 0.25) is 0 Å². The lowest BCUT2D eigenvalue weighted by Crippen LogP contribution is -2.10. The molecule has 0 heterocycles. The fraction of sp³-hybridized carbons (Fsp3) is 0.556. The van der Waals surface area contributed by atoms with E-state index in [1.807, 2.05) is 0 Å². The van der Waals surface area contributed by atoms with Crippen molar-refractivity contribution in [2.45, 2.75) is 98.3 Å². The van der Waals surface area contributed by atoms with Crippen molar-refractivity contribution < 1.29 is 0 Å². The van der Waals surface area contributed by atoms with Crippen molar-refractivity contribution >= 4 is 14.5 Å². The molecule has 0 radical (unpaired) electrons. The lowest BCUT2D eigenvalue weighted by molar-refractivity contribution is 0.668. The van der Waals surface area contributed by atoms with Crippen molar-refractivity contribution in [2.75, 3.05) is 0 Å². The summed E-state index contributed by atoms with van der Waals surface area (Å²) in [4.78, 5) is 0. The van der Waals surface area contributed by atoms with E-state index in [-0.39, 0.29) is 0 Å². The molecule has 0 spiro atoms. The molecule has 2 aromatic carbocycles. The van der Waals surface area contributed by atoms with E-state index >= 15 is 0 Å². The standard InChI is InChI=1S/C27H41P/c1-8-9-10-11-13-21-14-12-15-23(27(21)28)26-24(19(4)5)16-22(18(2)3)17-25(26)20(6)7/h12,14-20H,8-11,13,28H2,1-7H3. The van der Waals surface area contributed by atoms with Crippen molar-refractivity contribution in [3.8, 4) is 11.1 Å². The van der Waals surface area contributed by atoms with Crippen LogP contribution >= 0.6 is 9.24 Å². The highest BCUT2D eigenvalue weighted by atomic mass is 31.0. The first-order chi connectivity index (χ1) is 13.3. The van der Waals surface area contributed by atoms with E-state index in [1.165, 1.54) is 70.8 Å². The van der Waals surface area contributed by atoms with Gasteiger partial charge in [-0.05, 0) is 69.3 Å². The largest absolute Gasteiger partial charge is 0.105 e. The molecule has 1 unspecified atom stereocenters. The van der Waals surface area contributed by atoms with Crippen LogP contribution < -0.4 is 5.30 Å². The zero-order valence-corrected chi connectivity index (χ0v) is 20.4. The molecule has 154 valence electrons. The maximum Gasteiger partial charge on any atom is -0.0104 e. The number of rotatable bonds is 9. The van der Waals surface area contributed by atoms with E-state index in [0.717, 1.165) is 0 Å². The first-order valence-corrected chi connectivity index (χ1v) is 11.9. The Bertz CT molecular complexity index is 739. The Hall–Kier alpha value is -1.13. The monoisotopic (exact) mass is 396 g/mol. The van der Waals surface area contributed by atoms with E-state index in [4.69, 9.17) is 0 Å². The topological polar surface area (TPSA) is 0 Å². The quantitative estimate of drug-likeness (QED) is 0.295. The molecule has 0 nitrogen and oxygen atoms in total. The molecule has 0 saturated carbocycles. The second kappa shape index (κ2) is 10.6.